The topological polar surface area (TPSA) is 70.1 Å². The van der Waals surface area contributed by atoms with E-state index in [1.165, 1.54) is 11.3 Å². The number of benzene rings is 1. The fraction of sp³-hybridized carbons (Fsp3) is 0.474. The Bertz CT molecular complexity index is 818. The van der Waals surface area contributed by atoms with Crippen LogP contribution in [0.1, 0.15) is 45.4 Å². The van der Waals surface area contributed by atoms with Crippen LogP contribution in [0.2, 0.25) is 0 Å². The van der Waals surface area contributed by atoms with E-state index in [2.05, 4.69) is 4.98 Å². The molecule has 2 aliphatic heterocycles. The summed E-state index contributed by atoms with van der Waals surface area (Å²) in [5.41, 5.74) is 0.997. The van der Waals surface area contributed by atoms with Crippen LogP contribution in [-0.4, -0.2) is 49.8 Å². The smallest absolute Gasteiger partial charge is 0.266 e. The maximum absolute atomic E-state index is 13.1. The first-order valence-electron chi connectivity index (χ1n) is 8.93. The highest BCUT2D eigenvalue weighted by atomic mass is 32.1. The van der Waals surface area contributed by atoms with E-state index in [-0.39, 0.29) is 11.9 Å². The zero-order valence-electron chi connectivity index (χ0n) is 15.3. The lowest BCUT2D eigenvalue weighted by molar-refractivity contribution is -0.0442. The van der Waals surface area contributed by atoms with Crippen molar-refractivity contribution < 1.29 is 23.7 Å². The third kappa shape index (κ3) is 3.52. The molecule has 2 fully saturated rings. The molecule has 0 spiro atoms. The van der Waals surface area contributed by atoms with Crippen LogP contribution in [0.25, 0.3) is 0 Å². The third-order valence-corrected chi connectivity index (χ3v) is 5.88. The van der Waals surface area contributed by atoms with Crippen molar-refractivity contribution in [2.75, 3.05) is 34.0 Å². The summed E-state index contributed by atoms with van der Waals surface area (Å²) in [4.78, 5) is 20.0. The molecule has 2 aromatic rings. The zero-order chi connectivity index (χ0) is 18.8. The van der Waals surface area contributed by atoms with Crippen molar-refractivity contribution in [3.05, 3.63) is 39.8 Å². The molecule has 0 unspecified atom stereocenters. The highest BCUT2D eigenvalue weighted by molar-refractivity contribution is 7.13. The molecule has 0 bridgehead atoms. The Labute approximate surface area is 161 Å². The minimum atomic E-state index is -0.451. The Kier molecular flexibility index (Phi) is 5.29. The van der Waals surface area contributed by atoms with Crippen LogP contribution in [0, 0.1) is 0 Å². The van der Waals surface area contributed by atoms with E-state index in [4.69, 9.17) is 18.9 Å². The lowest BCUT2D eigenvalue weighted by Crippen LogP contribution is -2.30. The van der Waals surface area contributed by atoms with E-state index in [0.29, 0.717) is 29.6 Å². The maximum atomic E-state index is 13.1. The largest absolute Gasteiger partial charge is 0.497 e. The number of hydrogen-bond acceptors (Lipinski definition) is 7. The van der Waals surface area contributed by atoms with Gasteiger partial charge in [0.25, 0.3) is 5.91 Å². The number of amides is 1. The van der Waals surface area contributed by atoms with E-state index < -0.39 is 6.29 Å². The molecule has 1 aromatic heterocycles. The number of hydrogen-bond donors (Lipinski definition) is 0. The molecule has 1 aromatic carbocycles. The summed E-state index contributed by atoms with van der Waals surface area (Å²) in [6.07, 6.45) is 3.02. The van der Waals surface area contributed by atoms with Gasteiger partial charge in [-0.05, 0) is 25.0 Å². The quantitative estimate of drug-likeness (QED) is 0.781. The fourth-order valence-electron chi connectivity index (χ4n) is 3.56. The van der Waals surface area contributed by atoms with Crippen molar-refractivity contribution in [3.8, 4) is 11.5 Å². The highest BCUT2D eigenvalue weighted by Gasteiger charge is 2.34. The van der Waals surface area contributed by atoms with Gasteiger partial charge >= 0.3 is 0 Å². The first-order valence-corrected chi connectivity index (χ1v) is 9.74. The predicted octanol–water partition coefficient (Wildman–Crippen LogP) is 3.18. The van der Waals surface area contributed by atoms with Gasteiger partial charge in [0, 0.05) is 18.2 Å². The van der Waals surface area contributed by atoms with Gasteiger partial charge in [-0.2, -0.15) is 0 Å². The Morgan fingerprint density at radius 1 is 1.26 bits per heavy atom. The van der Waals surface area contributed by atoms with Crippen LogP contribution < -0.4 is 9.47 Å². The zero-order valence-corrected chi connectivity index (χ0v) is 16.2. The molecule has 27 heavy (non-hydrogen) atoms. The first-order chi connectivity index (χ1) is 13.2. The second-order valence-corrected chi connectivity index (χ2v) is 7.46. The minimum Gasteiger partial charge on any atom is -0.497 e. The lowest BCUT2D eigenvalue weighted by atomic mass is 10.0. The number of methoxy groups -OCH3 is 2. The van der Waals surface area contributed by atoms with Gasteiger partial charge in [-0.1, -0.05) is 0 Å². The molecule has 2 aliphatic rings. The molecule has 4 rings (SSSR count). The van der Waals surface area contributed by atoms with Crippen molar-refractivity contribution in [1.29, 1.82) is 0 Å². The van der Waals surface area contributed by atoms with Crippen LogP contribution in [0.4, 0.5) is 0 Å². The van der Waals surface area contributed by atoms with Crippen molar-refractivity contribution in [2.45, 2.75) is 25.2 Å². The minimum absolute atomic E-state index is 0.0166. The van der Waals surface area contributed by atoms with Gasteiger partial charge in [0.2, 0.25) is 6.29 Å². The Balaban J connectivity index is 1.57. The molecular weight excluding hydrogens is 368 g/mol. The number of rotatable bonds is 5. The number of nitrogens with zero attached hydrogens (tertiary/aromatic N) is 2. The molecule has 0 radical (unpaired) electrons. The van der Waals surface area contributed by atoms with Crippen molar-refractivity contribution in [2.24, 2.45) is 0 Å². The molecule has 0 N–H and O–H groups in total. The summed E-state index contributed by atoms with van der Waals surface area (Å²) in [6.45, 7) is 1.82. The second kappa shape index (κ2) is 7.84. The number of carbonyl (C=O) groups excluding carboxylic acids is 1. The number of aromatic nitrogens is 1. The normalized spacial score (nSPS) is 20.2. The summed E-state index contributed by atoms with van der Waals surface area (Å²) in [5, 5.41) is 0.689. The van der Waals surface area contributed by atoms with Gasteiger partial charge in [0.15, 0.2) is 0 Å². The van der Waals surface area contributed by atoms with Crippen molar-refractivity contribution in [1.82, 2.24) is 9.88 Å². The first kappa shape index (κ1) is 18.2. The summed E-state index contributed by atoms with van der Waals surface area (Å²) >= 11 is 1.33. The molecule has 1 amide bonds. The molecule has 0 aliphatic carbocycles. The van der Waals surface area contributed by atoms with Gasteiger partial charge in [-0.25, -0.2) is 4.98 Å². The molecule has 8 heteroatoms. The lowest BCUT2D eigenvalue weighted by Gasteiger charge is -2.26. The molecular formula is C19H22N2O5S. The van der Waals surface area contributed by atoms with E-state index >= 15 is 0 Å². The number of thiazole rings is 1. The molecule has 144 valence electrons. The Morgan fingerprint density at radius 3 is 2.81 bits per heavy atom. The molecule has 3 heterocycles. The van der Waals surface area contributed by atoms with Crippen LogP contribution >= 0.6 is 11.3 Å². The highest BCUT2D eigenvalue weighted by Crippen LogP contribution is 2.40. The fourth-order valence-corrected chi connectivity index (χ4v) is 4.44. The predicted molar refractivity (Wildman–Crippen MR) is 99.3 cm³/mol. The van der Waals surface area contributed by atoms with Crippen LogP contribution in [0.5, 0.6) is 11.5 Å². The average Bonchev–Trinajstić information content (AvgIpc) is 3.47. The van der Waals surface area contributed by atoms with Gasteiger partial charge in [-0.15, -0.1) is 11.3 Å². The van der Waals surface area contributed by atoms with Crippen LogP contribution in [0.15, 0.2) is 24.4 Å². The van der Waals surface area contributed by atoms with Gasteiger partial charge in [0.1, 0.15) is 21.4 Å². The van der Waals surface area contributed by atoms with E-state index in [9.17, 15) is 4.79 Å². The SMILES string of the molecule is COc1ccc([C@@H]2CCCN2C(=O)c2cnc(C3OCCO3)s2)c(OC)c1. The summed E-state index contributed by atoms with van der Waals surface area (Å²) in [6, 6.07) is 5.71. The Hall–Kier alpha value is -2.16. The summed E-state index contributed by atoms with van der Waals surface area (Å²) < 4.78 is 21.8. The van der Waals surface area contributed by atoms with Crippen LogP contribution in [-0.2, 0) is 9.47 Å². The Morgan fingerprint density at radius 2 is 2.07 bits per heavy atom. The average molecular weight is 390 g/mol. The molecule has 7 nitrogen and oxygen atoms in total. The van der Waals surface area contributed by atoms with Gasteiger partial charge in [-0.3, -0.25) is 4.79 Å². The van der Waals surface area contributed by atoms with E-state index in [0.717, 1.165) is 29.9 Å². The third-order valence-electron chi connectivity index (χ3n) is 4.87. The summed E-state index contributed by atoms with van der Waals surface area (Å²) in [5.74, 6) is 1.45. The number of ether oxygens (including phenoxy) is 4. The van der Waals surface area contributed by atoms with Crippen molar-refractivity contribution in [3.63, 3.8) is 0 Å². The monoisotopic (exact) mass is 390 g/mol. The van der Waals surface area contributed by atoms with Gasteiger partial charge in [0.05, 0.1) is 39.7 Å². The molecule has 1 atom stereocenters. The molecule has 2 saturated heterocycles. The molecule has 0 saturated carbocycles. The van der Waals surface area contributed by atoms with E-state index in [1.807, 2.05) is 23.1 Å². The maximum Gasteiger partial charge on any atom is 0.266 e. The van der Waals surface area contributed by atoms with Crippen LogP contribution in [0.3, 0.4) is 0 Å². The number of likely N-dealkylation sites (tertiary alicyclic amines) is 1. The second-order valence-electron chi connectivity index (χ2n) is 6.40. The van der Waals surface area contributed by atoms with E-state index in [1.54, 1.807) is 20.4 Å². The number of carbonyl (C=O) groups is 1. The van der Waals surface area contributed by atoms with Crippen molar-refractivity contribution >= 4 is 17.2 Å². The summed E-state index contributed by atoms with van der Waals surface area (Å²) in [7, 11) is 3.26. The van der Waals surface area contributed by atoms with Gasteiger partial charge < -0.3 is 23.8 Å². The standard InChI is InChI=1S/C19H22N2O5S/c1-23-12-5-6-13(15(10-12)24-2)14-4-3-7-21(14)18(22)16-11-20-17(27-16)19-25-8-9-26-19/h5-6,10-11,14,19H,3-4,7-9H2,1-2H3/t14-/m0/s1.